The molecule has 5 nitrogen and oxygen atoms in total. The Morgan fingerprint density at radius 3 is 2.38 bits per heavy atom. The Kier molecular flexibility index (Phi) is 3.35. The summed E-state index contributed by atoms with van der Waals surface area (Å²) in [4.78, 5) is 8.73. The van der Waals surface area contributed by atoms with Crippen molar-refractivity contribution in [3.63, 3.8) is 0 Å². The number of aryl methyl sites for hydroxylation is 2. The summed E-state index contributed by atoms with van der Waals surface area (Å²) in [5.41, 5.74) is 9.63. The maximum Gasteiger partial charge on any atom is 0.258 e. The van der Waals surface area contributed by atoms with E-state index < -0.39 is 0 Å². The van der Waals surface area contributed by atoms with Crippen molar-refractivity contribution in [1.29, 1.82) is 0 Å². The molecule has 0 radical (unpaired) electrons. The molecule has 0 atom stereocenters. The third-order valence-electron chi connectivity index (χ3n) is 3.01. The van der Waals surface area contributed by atoms with E-state index in [0.29, 0.717) is 22.4 Å². The van der Waals surface area contributed by atoms with Crippen LogP contribution in [0.2, 0.25) is 5.02 Å². The van der Waals surface area contributed by atoms with E-state index in [9.17, 15) is 0 Å². The largest absolute Gasteiger partial charge is 0.398 e. The number of benzene rings is 1. The summed E-state index contributed by atoms with van der Waals surface area (Å²) in [6, 6.07) is 9.04. The minimum absolute atomic E-state index is 0.402. The Labute approximate surface area is 126 Å². The second-order valence-corrected chi connectivity index (χ2v) is 5.21. The molecule has 0 fully saturated rings. The number of hydrogen-bond acceptors (Lipinski definition) is 5. The first-order chi connectivity index (χ1) is 10.0. The highest BCUT2D eigenvalue weighted by Gasteiger charge is 2.12. The van der Waals surface area contributed by atoms with Crippen LogP contribution >= 0.6 is 11.6 Å². The number of pyridine rings is 1. The Morgan fingerprint density at radius 1 is 1.00 bits per heavy atom. The van der Waals surface area contributed by atoms with E-state index in [-0.39, 0.29) is 0 Å². The van der Waals surface area contributed by atoms with Gasteiger partial charge in [-0.15, -0.1) is 0 Å². The first kappa shape index (κ1) is 13.6. The average molecular weight is 301 g/mol. The molecule has 0 aliphatic heterocycles. The van der Waals surface area contributed by atoms with Gasteiger partial charge in [-0.3, -0.25) is 4.98 Å². The normalized spacial score (nSPS) is 10.8. The smallest absolute Gasteiger partial charge is 0.258 e. The molecule has 1 aromatic carbocycles. The molecule has 0 saturated heterocycles. The van der Waals surface area contributed by atoms with Gasteiger partial charge in [-0.1, -0.05) is 16.8 Å². The van der Waals surface area contributed by atoms with Gasteiger partial charge in [-0.05, 0) is 44.2 Å². The number of anilines is 1. The topological polar surface area (TPSA) is 77.8 Å². The van der Waals surface area contributed by atoms with Gasteiger partial charge in [0.15, 0.2) is 0 Å². The first-order valence-electron chi connectivity index (χ1n) is 6.38. The van der Waals surface area contributed by atoms with Crippen LogP contribution in [-0.4, -0.2) is 15.1 Å². The van der Waals surface area contributed by atoms with Crippen LogP contribution in [0.3, 0.4) is 0 Å². The molecule has 0 aliphatic carbocycles. The zero-order valence-corrected chi connectivity index (χ0v) is 12.3. The Bertz CT molecular complexity index is 793. The van der Waals surface area contributed by atoms with Gasteiger partial charge in [0.25, 0.3) is 5.89 Å². The highest BCUT2D eigenvalue weighted by Crippen LogP contribution is 2.27. The zero-order chi connectivity index (χ0) is 15.0. The van der Waals surface area contributed by atoms with Crippen molar-refractivity contribution in [3.05, 3.63) is 46.7 Å². The van der Waals surface area contributed by atoms with Gasteiger partial charge in [-0.2, -0.15) is 4.98 Å². The number of nitrogens with zero attached hydrogens (tertiary/aromatic N) is 3. The fourth-order valence-corrected chi connectivity index (χ4v) is 2.26. The van der Waals surface area contributed by atoms with E-state index in [1.54, 1.807) is 18.2 Å². The molecule has 0 spiro atoms. The van der Waals surface area contributed by atoms with Crippen molar-refractivity contribution < 1.29 is 4.52 Å². The molecular formula is C15H13ClN4O. The molecule has 6 heteroatoms. The second-order valence-electron chi connectivity index (χ2n) is 4.80. The second kappa shape index (κ2) is 5.18. The number of rotatable bonds is 2. The lowest BCUT2D eigenvalue weighted by atomic mass is 10.2. The molecule has 2 N–H and O–H groups in total. The summed E-state index contributed by atoms with van der Waals surface area (Å²) in [5, 5.41) is 4.47. The van der Waals surface area contributed by atoms with E-state index in [4.69, 9.17) is 21.9 Å². The van der Waals surface area contributed by atoms with Gasteiger partial charge < -0.3 is 10.3 Å². The van der Waals surface area contributed by atoms with Gasteiger partial charge in [0.05, 0.1) is 10.7 Å². The number of aromatic nitrogens is 3. The predicted octanol–water partition coefficient (Wildman–Crippen LogP) is 3.65. The monoisotopic (exact) mass is 300 g/mol. The number of nitrogens with two attached hydrogens (primary N) is 1. The van der Waals surface area contributed by atoms with Crippen LogP contribution in [0.15, 0.2) is 34.9 Å². The maximum absolute atomic E-state index is 6.01. The van der Waals surface area contributed by atoms with Crippen molar-refractivity contribution in [3.8, 4) is 22.8 Å². The first-order valence-corrected chi connectivity index (χ1v) is 6.75. The van der Waals surface area contributed by atoms with Crippen LogP contribution in [0.25, 0.3) is 22.8 Å². The quantitative estimate of drug-likeness (QED) is 0.731. The zero-order valence-electron chi connectivity index (χ0n) is 11.6. The highest BCUT2D eigenvalue weighted by molar-refractivity contribution is 6.33. The van der Waals surface area contributed by atoms with Gasteiger partial charge in [0.1, 0.15) is 0 Å². The molecule has 3 aromatic rings. The molecule has 2 heterocycles. The Balaban J connectivity index is 2.01. The molecule has 2 aromatic heterocycles. The Hall–Kier alpha value is -2.40. The van der Waals surface area contributed by atoms with Crippen molar-refractivity contribution in [2.75, 3.05) is 5.73 Å². The lowest BCUT2D eigenvalue weighted by Crippen LogP contribution is -1.89. The van der Waals surface area contributed by atoms with Crippen LogP contribution in [0.4, 0.5) is 5.69 Å². The Morgan fingerprint density at radius 2 is 1.71 bits per heavy atom. The van der Waals surface area contributed by atoms with Crippen molar-refractivity contribution in [1.82, 2.24) is 15.1 Å². The minimum atomic E-state index is 0.402. The van der Waals surface area contributed by atoms with E-state index in [1.165, 1.54) is 0 Å². The molecule has 0 bridgehead atoms. The summed E-state index contributed by atoms with van der Waals surface area (Å²) in [6.45, 7) is 3.86. The van der Waals surface area contributed by atoms with Gasteiger partial charge in [-0.25, -0.2) is 0 Å². The van der Waals surface area contributed by atoms with E-state index in [1.807, 2.05) is 26.0 Å². The van der Waals surface area contributed by atoms with Crippen LogP contribution < -0.4 is 5.73 Å². The lowest BCUT2D eigenvalue weighted by Gasteiger charge is -1.99. The van der Waals surface area contributed by atoms with Gasteiger partial charge in [0, 0.05) is 22.5 Å². The van der Waals surface area contributed by atoms with Gasteiger partial charge in [0.2, 0.25) is 5.82 Å². The molecule has 0 aliphatic rings. The fourth-order valence-electron chi connectivity index (χ4n) is 2.08. The number of halogens is 1. The average Bonchev–Trinajstić information content (AvgIpc) is 2.90. The van der Waals surface area contributed by atoms with E-state index in [0.717, 1.165) is 22.5 Å². The van der Waals surface area contributed by atoms with Crippen molar-refractivity contribution in [2.24, 2.45) is 0 Å². The molecule has 0 unspecified atom stereocenters. The number of nitrogen functional groups attached to an aromatic ring is 1. The van der Waals surface area contributed by atoms with Crippen molar-refractivity contribution in [2.45, 2.75) is 13.8 Å². The lowest BCUT2D eigenvalue weighted by molar-refractivity contribution is 0.432. The minimum Gasteiger partial charge on any atom is -0.398 e. The summed E-state index contributed by atoms with van der Waals surface area (Å²) < 4.78 is 5.30. The van der Waals surface area contributed by atoms with Crippen molar-refractivity contribution >= 4 is 17.3 Å². The molecule has 0 amide bonds. The van der Waals surface area contributed by atoms with Crippen LogP contribution in [-0.2, 0) is 0 Å². The number of hydrogen-bond donors (Lipinski definition) is 1. The summed E-state index contributed by atoms with van der Waals surface area (Å²) in [7, 11) is 0. The highest BCUT2D eigenvalue weighted by atomic mass is 35.5. The fraction of sp³-hybridized carbons (Fsp3) is 0.133. The molecule has 3 rings (SSSR count). The van der Waals surface area contributed by atoms with E-state index >= 15 is 0 Å². The third kappa shape index (κ3) is 2.73. The molecule has 21 heavy (non-hydrogen) atoms. The predicted molar refractivity (Wildman–Crippen MR) is 81.9 cm³/mol. The standard InChI is InChI=1S/C15H13ClN4O/c1-8-5-11(6-9(2)18-8)14-19-15(21-20-14)10-3-4-13(17)12(16)7-10/h3-7H,17H2,1-2H3. The van der Waals surface area contributed by atoms with Crippen LogP contribution in [0.5, 0.6) is 0 Å². The summed E-state index contributed by atoms with van der Waals surface area (Å²) in [5.74, 6) is 0.922. The molecule has 106 valence electrons. The van der Waals surface area contributed by atoms with E-state index in [2.05, 4.69) is 15.1 Å². The maximum atomic E-state index is 6.01. The SMILES string of the molecule is Cc1cc(-c2noc(-c3ccc(N)c(Cl)c3)n2)cc(C)n1. The van der Waals surface area contributed by atoms with Crippen LogP contribution in [0.1, 0.15) is 11.4 Å². The van der Waals surface area contributed by atoms with Gasteiger partial charge >= 0.3 is 0 Å². The summed E-state index contributed by atoms with van der Waals surface area (Å²) >= 11 is 6.01. The molecular weight excluding hydrogens is 288 g/mol. The molecule has 0 saturated carbocycles. The van der Waals surface area contributed by atoms with Crippen LogP contribution in [0, 0.1) is 13.8 Å². The summed E-state index contributed by atoms with van der Waals surface area (Å²) in [6.07, 6.45) is 0. The third-order valence-corrected chi connectivity index (χ3v) is 3.34.